The lowest BCUT2D eigenvalue weighted by atomic mass is 9.87. The Bertz CT molecular complexity index is 279. The van der Waals surface area contributed by atoms with Crippen LogP contribution in [0.15, 0.2) is 0 Å². The molecule has 0 aromatic rings. The van der Waals surface area contributed by atoms with Crippen molar-refractivity contribution >= 4 is 6.03 Å². The zero-order valence-electron chi connectivity index (χ0n) is 11.3. The smallest absolute Gasteiger partial charge is 0.317 e. The van der Waals surface area contributed by atoms with Gasteiger partial charge in [0.15, 0.2) is 0 Å². The molecule has 2 rings (SSSR count). The van der Waals surface area contributed by atoms with Crippen molar-refractivity contribution in [3.8, 4) is 0 Å². The van der Waals surface area contributed by atoms with E-state index < -0.39 is 0 Å². The standard InChI is InChI=1S/C13H25N3O/c1-13(2,3)11-9-16(12(17)15-11)8-6-10-5-4-7-14-10/h10-11,14H,4-9H2,1-3H3,(H,15,17). The summed E-state index contributed by atoms with van der Waals surface area (Å²) in [4.78, 5) is 13.8. The fraction of sp³-hybridized carbons (Fsp3) is 0.923. The highest BCUT2D eigenvalue weighted by molar-refractivity contribution is 5.77. The first-order valence-electron chi connectivity index (χ1n) is 6.75. The molecule has 4 nitrogen and oxygen atoms in total. The minimum Gasteiger partial charge on any atom is -0.333 e. The van der Waals surface area contributed by atoms with Crippen LogP contribution in [-0.2, 0) is 0 Å². The first-order chi connectivity index (χ1) is 7.97. The number of nitrogens with one attached hydrogen (secondary N) is 2. The molecule has 0 bridgehead atoms. The van der Waals surface area contributed by atoms with E-state index in [9.17, 15) is 4.79 Å². The Morgan fingerprint density at radius 1 is 1.41 bits per heavy atom. The predicted molar refractivity (Wildman–Crippen MR) is 69.0 cm³/mol. The first kappa shape index (κ1) is 12.7. The van der Waals surface area contributed by atoms with Crippen molar-refractivity contribution < 1.29 is 4.79 Å². The average Bonchev–Trinajstić information content (AvgIpc) is 2.83. The van der Waals surface area contributed by atoms with Crippen LogP contribution >= 0.6 is 0 Å². The maximum atomic E-state index is 11.8. The maximum absolute atomic E-state index is 11.8. The van der Waals surface area contributed by atoms with Gasteiger partial charge in [0, 0.05) is 19.1 Å². The van der Waals surface area contributed by atoms with Crippen molar-refractivity contribution in [3.63, 3.8) is 0 Å². The molecular weight excluding hydrogens is 214 g/mol. The summed E-state index contributed by atoms with van der Waals surface area (Å²) in [5, 5.41) is 6.56. The van der Waals surface area contributed by atoms with Gasteiger partial charge in [0.25, 0.3) is 0 Å². The first-order valence-corrected chi connectivity index (χ1v) is 6.75. The number of nitrogens with zero attached hydrogens (tertiary/aromatic N) is 1. The van der Waals surface area contributed by atoms with Crippen LogP contribution in [0.25, 0.3) is 0 Å². The third-order valence-electron chi connectivity index (χ3n) is 3.94. The lowest BCUT2D eigenvalue weighted by molar-refractivity contribution is 0.215. The molecule has 17 heavy (non-hydrogen) atoms. The van der Waals surface area contributed by atoms with E-state index in [2.05, 4.69) is 31.4 Å². The Kier molecular flexibility index (Phi) is 3.61. The summed E-state index contributed by atoms with van der Waals surface area (Å²) in [5.74, 6) is 0. The highest BCUT2D eigenvalue weighted by atomic mass is 16.2. The molecule has 2 aliphatic heterocycles. The Morgan fingerprint density at radius 2 is 2.18 bits per heavy atom. The summed E-state index contributed by atoms with van der Waals surface area (Å²) in [6.45, 7) is 9.42. The molecule has 2 fully saturated rings. The summed E-state index contributed by atoms with van der Waals surface area (Å²) in [5.41, 5.74) is 0.149. The van der Waals surface area contributed by atoms with Crippen LogP contribution in [-0.4, -0.2) is 42.6 Å². The Morgan fingerprint density at radius 3 is 2.71 bits per heavy atom. The van der Waals surface area contributed by atoms with Crippen LogP contribution in [0.2, 0.25) is 0 Å². The van der Waals surface area contributed by atoms with Crippen LogP contribution in [0, 0.1) is 5.41 Å². The summed E-state index contributed by atoms with van der Waals surface area (Å²) in [6, 6.07) is 1.02. The van der Waals surface area contributed by atoms with Gasteiger partial charge in [-0.05, 0) is 31.2 Å². The number of carbonyl (C=O) groups excluding carboxylic acids is 1. The van der Waals surface area contributed by atoms with Crippen molar-refractivity contribution in [2.24, 2.45) is 5.41 Å². The third-order valence-corrected chi connectivity index (χ3v) is 3.94. The fourth-order valence-corrected chi connectivity index (χ4v) is 2.59. The quantitative estimate of drug-likeness (QED) is 0.785. The second kappa shape index (κ2) is 4.84. The fourth-order valence-electron chi connectivity index (χ4n) is 2.59. The van der Waals surface area contributed by atoms with Gasteiger partial charge >= 0.3 is 6.03 Å². The van der Waals surface area contributed by atoms with Crippen molar-refractivity contribution in [2.45, 2.75) is 52.1 Å². The molecule has 0 saturated carbocycles. The topological polar surface area (TPSA) is 44.4 Å². The van der Waals surface area contributed by atoms with Gasteiger partial charge in [0.2, 0.25) is 0 Å². The van der Waals surface area contributed by atoms with Gasteiger partial charge in [-0.3, -0.25) is 0 Å². The van der Waals surface area contributed by atoms with Crippen LogP contribution < -0.4 is 10.6 Å². The van der Waals surface area contributed by atoms with Gasteiger partial charge in [0.05, 0.1) is 6.04 Å². The van der Waals surface area contributed by atoms with Crippen LogP contribution in [0.3, 0.4) is 0 Å². The zero-order chi connectivity index (χ0) is 12.5. The lowest BCUT2D eigenvalue weighted by Crippen LogP contribution is -2.38. The minimum atomic E-state index is 0.114. The molecule has 0 radical (unpaired) electrons. The normalized spacial score (nSPS) is 29.8. The van der Waals surface area contributed by atoms with Crippen molar-refractivity contribution in [2.75, 3.05) is 19.6 Å². The molecule has 2 heterocycles. The minimum absolute atomic E-state index is 0.114. The molecule has 98 valence electrons. The molecule has 2 aliphatic rings. The van der Waals surface area contributed by atoms with Gasteiger partial charge in [-0.1, -0.05) is 20.8 Å². The highest BCUT2D eigenvalue weighted by Gasteiger charge is 2.36. The molecular formula is C13H25N3O. The number of amides is 2. The molecule has 4 heteroatoms. The van der Waals surface area contributed by atoms with E-state index in [0.717, 1.165) is 26.1 Å². The second-order valence-corrected chi connectivity index (χ2v) is 6.40. The highest BCUT2D eigenvalue weighted by Crippen LogP contribution is 2.24. The number of rotatable bonds is 3. The molecule has 2 unspecified atom stereocenters. The van der Waals surface area contributed by atoms with E-state index in [1.807, 2.05) is 4.90 Å². The van der Waals surface area contributed by atoms with E-state index in [-0.39, 0.29) is 17.5 Å². The van der Waals surface area contributed by atoms with Crippen LogP contribution in [0.1, 0.15) is 40.0 Å². The molecule has 0 spiro atoms. The average molecular weight is 239 g/mol. The van der Waals surface area contributed by atoms with Crippen molar-refractivity contribution in [1.29, 1.82) is 0 Å². The van der Waals surface area contributed by atoms with Crippen molar-refractivity contribution in [1.82, 2.24) is 15.5 Å². The molecule has 0 aromatic heterocycles. The Hall–Kier alpha value is -0.770. The maximum Gasteiger partial charge on any atom is 0.317 e. The van der Waals surface area contributed by atoms with Gasteiger partial charge < -0.3 is 15.5 Å². The lowest BCUT2D eigenvalue weighted by Gasteiger charge is -2.26. The van der Waals surface area contributed by atoms with Crippen molar-refractivity contribution in [3.05, 3.63) is 0 Å². The molecule has 2 saturated heterocycles. The van der Waals surface area contributed by atoms with Gasteiger partial charge in [0.1, 0.15) is 0 Å². The number of carbonyl (C=O) groups is 1. The van der Waals surface area contributed by atoms with Gasteiger partial charge in [-0.25, -0.2) is 4.79 Å². The summed E-state index contributed by atoms with van der Waals surface area (Å²) < 4.78 is 0. The molecule has 0 aromatic carbocycles. The zero-order valence-corrected chi connectivity index (χ0v) is 11.3. The Labute approximate surface area is 104 Å². The molecule has 2 N–H and O–H groups in total. The number of hydrogen-bond donors (Lipinski definition) is 2. The summed E-state index contributed by atoms with van der Waals surface area (Å²) in [6.07, 6.45) is 3.63. The molecule has 2 amide bonds. The summed E-state index contributed by atoms with van der Waals surface area (Å²) in [7, 11) is 0. The molecule has 2 atom stereocenters. The van der Waals surface area contributed by atoms with Crippen LogP contribution in [0.5, 0.6) is 0 Å². The number of hydrogen-bond acceptors (Lipinski definition) is 2. The predicted octanol–water partition coefficient (Wildman–Crippen LogP) is 1.57. The summed E-state index contributed by atoms with van der Waals surface area (Å²) >= 11 is 0. The van der Waals surface area contributed by atoms with E-state index in [4.69, 9.17) is 0 Å². The monoisotopic (exact) mass is 239 g/mol. The Balaban J connectivity index is 1.79. The largest absolute Gasteiger partial charge is 0.333 e. The molecule has 0 aliphatic carbocycles. The van der Waals surface area contributed by atoms with Gasteiger partial charge in [-0.2, -0.15) is 0 Å². The second-order valence-electron chi connectivity index (χ2n) is 6.40. The van der Waals surface area contributed by atoms with E-state index in [0.29, 0.717) is 6.04 Å². The van der Waals surface area contributed by atoms with E-state index in [1.165, 1.54) is 12.8 Å². The van der Waals surface area contributed by atoms with Crippen LogP contribution in [0.4, 0.5) is 4.79 Å². The van der Waals surface area contributed by atoms with E-state index in [1.54, 1.807) is 0 Å². The third kappa shape index (κ3) is 3.12. The van der Waals surface area contributed by atoms with E-state index >= 15 is 0 Å². The SMILES string of the molecule is CC(C)(C)C1CN(CCC2CCCN2)C(=O)N1. The van der Waals surface area contributed by atoms with Gasteiger partial charge in [-0.15, -0.1) is 0 Å². The number of urea groups is 1.